The lowest BCUT2D eigenvalue weighted by molar-refractivity contribution is -0.125. The van der Waals surface area contributed by atoms with Crippen LogP contribution in [0.4, 0.5) is 0 Å². The van der Waals surface area contributed by atoms with Crippen LogP contribution < -0.4 is 22.1 Å². The van der Waals surface area contributed by atoms with Gasteiger partial charge in [-0.15, -0.1) is 0 Å². The van der Waals surface area contributed by atoms with Crippen molar-refractivity contribution in [3.8, 4) is 0 Å². The van der Waals surface area contributed by atoms with Crippen molar-refractivity contribution in [3.05, 3.63) is 0 Å². The first-order chi connectivity index (χ1) is 14.8. The molecule has 2 amide bonds. The number of aliphatic hydroxyl groups is 2. The Balaban J connectivity index is 0.000000602. The number of carbonyl (C=O) groups is 2. The number of nitrogens with two attached hydrogens (primary N) is 2. The van der Waals surface area contributed by atoms with Crippen LogP contribution in [0.15, 0.2) is 0 Å². The van der Waals surface area contributed by atoms with Gasteiger partial charge in [0, 0.05) is 12.1 Å². The molecule has 0 aromatic carbocycles. The van der Waals surface area contributed by atoms with Crippen LogP contribution in [0.3, 0.4) is 0 Å². The fraction of sp³-hybridized carbons (Fsp3) is 0.920. The molecule has 2 aliphatic rings. The van der Waals surface area contributed by atoms with Gasteiger partial charge in [-0.2, -0.15) is 0 Å². The Morgan fingerprint density at radius 3 is 1.27 bits per heavy atom. The van der Waals surface area contributed by atoms with E-state index in [9.17, 15) is 19.8 Å². The van der Waals surface area contributed by atoms with Gasteiger partial charge in [-0.25, -0.2) is 0 Å². The van der Waals surface area contributed by atoms with Gasteiger partial charge >= 0.3 is 0 Å². The summed E-state index contributed by atoms with van der Waals surface area (Å²) in [5.41, 5.74) is 11.6. The zero-order valence-corrected chi connectivity index (χ0v) is 20.9. The van der Waals surface area contributed by atoms with E-state index in [-0.39, 0.29) is 67.2 Å². The topological polar surface area (TPSA) is 151 Å². The Morgan fingerprint density at radius 2 is 1.03 bits per heavy atom. The quantitative estimate of drug-likeness (QED) is 0.347. The third kappa shape index (κ3) is 10.7. The Morgan fingerprint density at radius 1 is 0.727 bits per heavy atom. The third-order valence-corrected chi connectivity index (χ3v) is 6.98. The Hall–Kier alpha value is -1.22. The summed E-state index contributed by atoms with van der Waals surface area (Å²) >= 11 is 0. The fourth-order valence-electron chi connectivity index (χ4n) is 4.22. The van der Waals surface area contributed by atoms with Gasteiger partial charge < -0.3 is 32.3 Å². The Bertz CT molecular complexity index is 537. The largest absolute Gasteiger partial charge is 0.393 e. The Labute approximate surface area is 201 Å². The average molecular weight is 473 g/mol. The van der Waals surface area contributed by atoms with Gasteiger partial charge in [0.15, 0.2) is 0 Å². The average Bonchev–Trinajstić information content (AvgIpc) is 2.72. The van der Waals surface area contributed by atoms with Crippen molar-refractivity contribution in [1.82, 2.24) is 10.6 Å². The predicted octanol–water partition coefficient (Wildman–Crippen LogP) is 1.91. The van der Waals surface area contributed by atoms with Crippen molar-refractivity contribution < 1.29 is 19.8 Å². The van der Waals surface area contributed by atoms with Crippen molar-refractivity contribution in [2.24, 2.45) is 35.1 Å². The highest BCUT2D eigenvalue weighted by molar-refractivity contribution is 5.82. The minimum Gasteiger partial charge on any atom is -0.393 e. The lowest BCUT2D eigenvalue weighted by Crippen LogP contribution is -2.50. The molecule has 0 spiro atoms. The first kappa shape index (κ1) is 31.8. The van der Waals surface area contributed by atoms with Gasteiger partial charge in [0.1, 0.15) is 0 Å². The molecule has 0 saturated heterocycles. The third-order valence-electron chi connectivity index (χ3n) is 6.98. The number of hydrogen-bond donors (Lipinski definition) is 6. The zero-order chi connectivity index (χ0) is 24.6. The molecule has 8 heteroatoms. The number of hydrogen-bond acceptors (Lipinski definition) is 6. The molecule has 0 aromatic rings. The van der Waals surface area contributed by atoms with Crippen LogP contribution in [0.25, 0.3) is 0 Å². The van der Waals surface area contributed by atoms with Gasteiger partial charge in [0.2, 0.25) is 11.8 Å². The standard InChI is InChI=1S/2C12H24N2O2.CH4/c2*1-7(2)11(13)12(16)14-9-4-5-10(15)8(3)6-9;/h2*7-11,15H,4-6,13H2,1-3H3,(H,14,16);1H4/t8-,9+,10-,11+;8-,9+,10-,11-;/m10./s1. The van der Waals surface area contributed by atoms with E-state index in [1.165, 1.54) is 0 Å². The van der Waals surface area contributed by atoms with Crippen LogP contribution in [0.2, 0.25) is 0 Å². The van der Waals surface area contributed by atoms with Crippen molar-refractivity contribution in [3.63, 3.8) is 0 Å². The van der Waals surface area contributed by atoms with E-state index >= 15 is 0 Å². The summed E-state index contributed by atoms with van der Waals surface area (Å²) in [7, 11) is 0. The smallest absolute Gasteiger partial charge is 0.237 e. The summed E-state index contributed by atoms with van der Waals surface area (Å²) < 4.78 is 0. The molecule has 0 heterocycles. The van der Waals surface area contributed by atoms with Crippen molar-refractivity contribution in [2.75, 3.05) is 0 Å². The highest BCUT2D eigenvalue weighted by Crippen LogP contribution is 2.25. The van der Waals surface area contributed by atoms with Crippen molar-refractivity contribution >= 4 is 11.8 Å². The highest BCUT2D eigenvalue weighted by atomic mass is 16.3. The number of nitrogens with one attached hydrogen (secondary N) is 2. The molecule has 0 bridgehead atoms. The second-order valence-corrected chi connectivity index (χ2v) is 10.7. The number of aliphatic hydroxyl groups excluding tert-OH is 2. The Kier molecular flexibility index (Phi) is 14.4. The first-order valence-electron chi connectivity index (χ1n) is 12.3. The number of amides is 2. The summed E-state index contributed by atoms with van der Waals surface area (Å²) in [6, 6.07) is -0.504. The molecular weight excluding hydrogens is 420 g/mol. The molecular formula is C25H52N4O4. The minimum absolute atomic E-state index is 0. The normalized spacial score (nSPS) is 31.5. The van der Waals surface area contributed by atoms with E-state index in [0.29, 0.717) is 0 Å². The van der Waals surface area contributed by atoms with Gasteiger partial charge in [0.25, 0.3) is 0 Å². The van der Waals surface area contributed by atoms with Crippen LogP contribution in [-0.2, 0) is 9.59 Å². The molecule has 2 fully saturated rings. The van der Waals surface area contributed by atoms with E-state index in [0.717, 1.165) is 38.5 Å². The number of rotatable bonds is 6. The molecule has 0 unspecified atom stereocenters. The first-order valence-corrected chi connectivity index (χ1v) is 12.3. The van der Waals surface area contributed by atoms with Crippen LogP contribution >= 0.6 is 0 Å². The molecule has 33 heavy (non-hydrogen) atoms. The predicted molar refractivity (Wildman–Crippen MR) is 134 cm³/mol. The van der Waals surface area contributed by atoms with Crippen molar-refractivity contribution in [2.45, 2.75) is 124 Å². The van der Waals surface area contributed by atoms with Crippen LogP contribution in [-0.4, -0.2) is 58.4 Å². The van der Waals surface area contributed by atoms with E-state index in [4.69, 9.17) is 11.5 Å². The van der Waals surface area contributed by atoms with Crippen LogP contribution in [0.5, 0.6) is 0 Å². The van der Waals surface area contributed by atoms with Crippen LogP contribution in [0.1, 0.15) is 87.5 Å². The van der Waals surface area contributed by atoms with Gasteiger partial charge in [-0.05, 0) is 62.2 Å². The van der Waals surface area contributed by atoms with E-state index < -0.39 is 12.1 Å². The number of carbonyl (C=O) groups excluding carboxylic acids is 2. The summed E-state index contributed by atoms with van der Waals surface area (Å²) in [5, 5.41) is 25.1. The van der Waals surface area contributed by atoms with Crippen molar-refractivity contribution in [1.29, 1.82) is 0 Å². The SMILES string of the molecule is C.CC(C)[C@H](N)C(=O)N[C@@H]1CC[C@H](O)[C@@H](C)C1.CC(C)[C@H](N)C(=O)N[C@H]1CC[C@@H](O)[C@H](C)C1. The highest BCUT2D eigenvalue weighted by Gasteiger charge is 2.29. The van der Waals surface area contributed by atoms with Crippen LogP contribution in [0, 0.1) is 23.7 Å². The molecule has 0 aromatic heterocycles. The monoisotopic (exact) mass is 472 g/mol. The molecule has 0 aliphatic heterocycles. The molecule has 2 rings (SSSR count). The molecule has 8 atom stereocenters. The molecule has 8 N–H and O–H groups in total. The molecule has 196 valence electrons. The van der Waals surface area contributed by atoms with Gasteiger partial charge in [-0.1, -0.05) is 49.0 Å². The van der Waals surface area contributed by atoms with E-state index in [2.05, 4.69) is 10.6 Å². The lowest BCUT2D eigenvalue weighted by Gasteiger charge is -2.32. The fourth-order valence-corrected chi connectivity index (χ4v) is 4.22. The summed E-state index contributed by atoms with van der Waals surface area (Å²) in [6.45, 7) is 11.8. The maximum absolute atomic E-state index is 11.7. The summed E-state index contributed by atoms with van der Waals surface area (Å²) in [5.74, 6) is 0.703. The second kappa shape index (κ2) is 14.9. The van der Waals surface area contributed by atoms with Gasteiger partial charge in [0.05, 0.1) is 24.3 Å². The summed E-state index contributed by atoms with van der Waals surface area (Å²) in [4.78, 5) is 23.5. The maximum atomic E-state index is 11.7. The summed E-state index contributed by atoms with van der Waals surface area (Å²) in [6.07, 6.45) is 4.49. The van der Waals surface area contributed by atoms with E-state index in [1.54, 1.807) is 0 Å². The molecule has 2 saturated carbocycles. The van der Waals surface area contributed by atoms with E-state index in [1.807, 2.05) is 41.5 Å². The lowest BCUT2D eigenvalue weighted by atomic mass is 9.84. The molecule has 0 radical (unpaired) electrons. The second-order valence-electron chi connectivity index (χ2n) is 10.7. The zero-order valence-electron chi connectivity index (χ0n) is 20.9. The van der Waals surface area contributed by atoms with Gasteiger partial charge in [-0.3, -0.25) is 9.59 Å². The molecule has 2 aliphatic carbocycles. The minimum atomic E-state index is -0.429. The maximum Gasteiger partial charge on any atom is 0.237 e. The molecule has 8 nitrogen and oxygen atoms in total.